The molecule has 1 fully saturated rings. The molecule has 0 aromatic rings. The Hall–Kier alpha value is -3.19. The van der Waals surface area contributed by atoms with Gasteiger partial charge in [-0.2, -0.15) is 0 Å². The standard InChI is InChI=1S/C80H151N2O17P/c1-7-13-19-25-31-34-40-43-49-55-67(94-73(86)58-52-46-37-28-22-16-10-4)63-71(84)81-61-62-93-80-77(82-72(85)64-68(56-50-44-41-35-32-26-20-14-8-2)95-74(87)59-53-47-38-29-23-17-11-5)79(78(70(66-83)97-80)99-100(90,91)92)98-76(89)65-69(57-51-45-42-36-33-27-21-15-9-3)96-75(88)60-54-48-39-30-24-18-12-6/h67-70,77-80,83H,7-66H2,1-6H3,(H,81,84)(H,82,85)(H2,90,91,92)/t67-,68-,69-,70?,77+,78+,79?,80-/m1/s1. The number of ether oxygens (including phenoxy) is 6. The molecule has 1 aliphatic rings. The molecule has 1 saturated heterocycles. The number of carbonyl (C=O) groups excluding carboxylic acids is 6. The lowest BCUT2D eigenvalue weighted by atomic mass is 9.96. The number of rotatable bonds is 72. The summed E-state index contributed by atoms with van der Waals surface area (Å²) in [5, 5.41) is 16.6. The van der Waals surface area contributed by atoms with E-state index in [1.807, 2.05) is 0 Å². The van der Waals surface area contributed by atoms with Crippen molar-refractivity contribution in [2.45, 2.75) is 456 Å². The Morgan fingerprint density at radius 3 is 1.01 bits per heavy atom. The molecule has 0 spiro atoms. The first-order valence-corrected chi connectivity index (χ1v) is 43.0. The third kappa shape index (κ3) is 55.3. The second-order valence-electron chi connectivity index (χ2n) is 29.0. The summed E-state index contributed by atoms with van der Waals surface area (Å²) < 4.78 is 55.2. The molecule has 19 nitrogen and oxygen atoms in total. The van der Waals surface area contributed by atoms with Gasteiger partial charge in [0.25, 0.3) is 0 Å². The van der Waals surface area contributed by atoms with Gasteiger partial charge < -0.3 is 53.9 Å². The highest BCUT2D eigenvalue weighted by Gasteiger charge is 2.52. The molecule has 2 amide bonds. The number of carbonyl (C=O) groups is 6. The number of amides is 2. The van der Waals surface area contributed by atoms with Crippen molar-refractivity contribution in [2.24, 2.45) is 0 Å². The summed E-state index contributed by atoms with van der Waals surface area (Å²) in [6.07, 6.45) is 42.2. The summed E-state index contributed by atoms with van der Waals surface area (Å²) in [4.78, 5) is 104. The minimum absolute atomic E-state index is 0.0806. The number of aliphatic hydroxyl groups excluding tert-OH is 1. The van der Waals surface area contributed by atoms with Crippen molar-refractivity contribution in [1.29, 1.82) is 0 Å². The first-order chi connectivity index (χ1) is 48.5. The first-order valence-electron chi connectivity index (χ1n) is 41.5. The van der Waals surface area contributed by atoms with E-state index in [-0.39, 0.29) is 51.2 Å². The number of phosphoric acid groups is 1. The number of phosphoric ester groups is 1. The van der Waals surface area contributed by atoms with Crippen LogP contribution in [0.5, 0.6) is 0 Å². The second kappa shape index (κ2) is 66.5. The number of hydrogen-bond acceptors (Lipinski definition) is 15. The molecule has 2 unspecified atom stereocenters. The predicted octanol–water partition coefficient (Wildman–Crippen LogP) is 19.8. The van der Waals surface area contributed by atoms with Crippen LogP contribution in [0, 0.1) is 0 Å². The fourth-order valence-electron chi connectivity index (χ4n) is 13.3. The van der Waals surface area contributed by atoms with Crippen molar-refractivity contribution in [3.05, 3.63) is 0 Å². The lowest BCUT2D eigenvalue weighted by Gasteiger charge is -2.45. The smallest absolute Gasteiger partial charge is 0.462 e. The number of nitrogens with one attached hydrogen (secondary N) is 2. The van der Waals surface area contributed by atoms with Crippen LogP contribution in [0.25, 0.3) is 0 Å². The van der Waals surface area contributed by atoms with Crippen LogP contribution in [-0.4, -0.2) is 119 Å². The number of hydrogen-bond donors (Lipinski definition) is 5. The van der Waals surface area contributed by atoms with Gasteiger partial charge in [-0.15, -0.1) is 0 Å². The molecule has 0 aromatic carbocycles. The van der Waals surface area contributed by atoms with Crippen molar-refractivity contribution in [3.8, 4) is 0 Å². The van der Waals surface area contributed by atoms with E-state index in [0.717, 1.165) is 180 Å². The van der Waals surface area contributed by atoms with Gasteiger partial charge in [-0.05, 0) is 57.8 Å². The van der Waals surface area contributed by atoms with E-state index >= 15 is 0 Å². The molecule has 0 saturated carbocycles. The Balaban J connectivity index is 3.70. The van der Waals surface area contributed by atoms with Crippen LogP contribution >= 0.6 is 7.82 Å². The molecule has 0 aliphatic carbocycles. The molecule has 0 aromatic heterocycles. The Kier molecular flexibility index (Phi) is 63.0. The summed E-state index contributed by atoms with van der Waals surface area (Å²) in [5.74, 6) is -3.20. The average Bonchev–Trinajstić information content (AvgIpc) is 0.782. The highest BCUT2D eigenvalue weighted by molar-refractivity contribution is 7.46. The van der Waals surface area contributed by atoms with Gasteiger partial charge >= 0.3 is 31.7 Å². The Morgan fingerprint density at radius 2 is 0.690 bits per heavy atom. The molecule has 8 atom stereocenters. The molecule has 1 aliphatic heterocycles. The van der Waals surface area contributed by atoms with Gasteiger partial charge in [-0.3, -0.25) is 33.3 Å². The lowest BCUT2D eigenvalue weighted by molar-refractivity contribution is -0.270. The molecular weight excluding hydrogens is 1290 g/mol. The maximum atomic E-state index is 14.7. The normalized spacial score (nSPS) is 17.1. The van der Waals surface area contributed by atoms with E-state index in [1.54, 1.807) is 0 Å². The summed E-state index contributed by atoms with van der Waals surface area (Å²) in [6, 6.07) is -1.57. The molecule has 0 bridgehead atoms. The van der Waals surface area contributed by atoms with Crippen LogP contribution in [0.4, 0.5) is 0 Å². The molecule has 1 rings (SSSR count). The first kappa shape index (κ1) is 94.8. The zero-order valence-electron chi connectivity index (χ0n) is 64.5. The number of esters is 4. The van der Waals surface area contributed by atoms with Crippen LogP contribution in [0.1, 0.15) is 408 Å². The van der Waals surface area contributed by atoms with E-state index in [1.165, 1.54) is 103 Å². The van der Waals surface area contributed by atoms with E-state index in [0.29, 0.717) is 44.9 Å². The van der Waals surface area contributed by atoms with Crippen LogP contribution in [0.15, 0.2) is 0 Å². The van der Waals surface area contributed by atoms with Gasteiger partial charge in [0.15, 0.2) is 12.4 Å². The Bertz CT molecular complexity index is 2030. The quantitative estimate of drug-likeness (QED) is 0.0164. The largest absolute Gasteiger partial charge is 0.470 e. The molecule has 100 heavy (non-hydrogen) atoms. The van der Waals surface area contributed by atoms with Gasteiger partial charge in [0.05, 0.1) is 32.5 Å². The molecule has 20 heteroatoms. The fraction of sp³-hybridized carbons (Fsp3) is 0.925. The minimum Gasteiger partial charge on any atom is -0.462 e. The second-order valence-corrected chi connectivity index (χ2v) is 30.2. The Morgan fingerprint density at radius 1 is 0.390 bits per heavy atom. The molecular formula is C80H151N2O17P. The van der Waals surface area contributed by atoms with Gasteiger partial charge in [0.1, 0.15) is 36.6 Å². The van der Waals surface area contributed by atoms with Crippen molar-refractivity contribution < 1.29 is 81.2 Å². The summed E-state index contributed by atoms with van der Waals surface area (Å²) in [5.41, 5.74) is 0. The Labute approximate surface area is 608 Å². The zero-order chi connectivity index (χ0) is 73.4. The van der Waals surface area contributed by atoms with Crippen molar-refractivity contribution in [1.82, 2.24) is 10.6 Å². The number of unbranched alkanes of at least 4 members (excludes halogenated alkanes) is 42. The molecule has 0 radical (unpaired) electrons. The zero-order valence-corrected chi connectivity index (χ0v) is 65.4. The van der Waals surface area contributed by atoms with Crippen LogP contribution < -0.4 is 10.6 Å². The van der Waals surface area contributed by atoms with Crippen molar-refractivity contribution >= 4 is 43.5 Å². The fourth-order valence-corrected chi connectivity index (χ4v) is 13.9. The summed E-state index contributed by atoms with van der Waals surface area (Å²) >= 11 is 0. The van der Waals surface area contributed by atoms with Gasteiger partial charge in [0, 0.05) is 25.8 Å². The monoisotopic (exact) mass is 1440 g/mol. The van der Waals surface area contributed by atoms with Gasteiger partial charge in [-0.1, -0.05) is 311 Å². The molecule has 588 valence electrons. The molecule has 5 N–H and O–H groups in total. The van der Waals surface area contributed by atoms with Crippen LogP contribution in [0.3, 0.4) is 0 Å². The lowest BCUT2D eigenvalue weighted by Crippen LogP contribution is -2.66. The summed E-state index contributed by atoms with van der Waals surface area (Å²) in [7, 11) is -5.46. The van der Waals surface area contributed by atoms with Crippen LogP contribution in [-0.2, 0) is 66.3 Å². The highest BCUT2D eigenvalue weighted by atomic mass is 31.2. The van der Waals surface area contributed by atoms with E-state index in [9.17, 15) is 48.2 Å². The van der Waals surface area contributed by atoms with E-state index in [4.69, 9.17) is 32.9 Å². The number of aliphatic hydroxyl groups is 1. The van der Waals surface area contributed by atoms with Crippen LogP contribution in [0.2, 0.25) is 0 Å². The highest BCUT2D eigenvalue weighted by Crippen LogP contribution is 2.42. The van der Waals surface area contributed by atoms with Gasteiger partial charge in [0.2, 0.25) is 11.8 Å². The predicted molar refractivity (Wildman–Crippen MR) is 400 cm³/mol. The maximum Gasteiger partial charge on any atom is 0.470 e. The topological polar surface area (TPSA) is 269 Å². The van der Waals surface area contributed by atoms with Gasteiger partial charge in [-0.25, -0.2) is 4.57 Å². The molecule has 1 heterocycles. The SMILES string of the molecule is CCCCCCCCCCC[C@H](CC(=O)NCCO[C@@H]1OC(CO)[C@H](OP(=O)(O)O)C(OC(=O)C[C@@H](CCCCCCCCCCC)OC(=O)CCCCCCCCC)[C@@H]1NC(=O)C[C@@H](CCCCCCCCCCC)OC(=O)CCCCCCCCC)OC(=O)CCCCCCCCC. The summed E-state index contributed by atoms with van der Waals surface area (Å²) in [6.45, 7) is 11.8. The minimum atomic E-state index is -5.46. The van der Waals surface area contributed by atoms with E-state index < -0.39 is 99.5 Å². The third-order valence-corrected chi connectivity index (χ3v) is 19.9. The van der Waals surface area contributed by atoms with Crippen molar-refractivity contribution in [2.75, 3.05) is 19.8 Å². The van der Waals surface area contributed by atoms with E-state index in [2.05, 4.69) is 52.2 Å². The van der Waals surface area contributed by atoms with Crippen molar-refractivity contribution in [3.63, 3.8) is 0 Å². The maximum absolute atomic E-state index is 14.7. The third-order valence-electron chi connectivity index (χ3n) is 19.3. The average molecular weight is 1440 g/mol.